The Morgan fingerprint density at radius 2 is 1.88 bits per heavy atom. The molecule has 2 atom stereocenters. The Labute approximate surface area is 201 Å². The number of aryl methyl sites for hydroxylation is 1. The van der Waals surface area contributed by atoms with Crippen molar-refractivity contribution in [3.8, 4) is 0 Å². The summed E-state index contributed by atoms with van der Waals surface area (Å²) in [6.45, 7) is 6.51. The molecule has 7 nitrogen and oxygen atoms in total. The van der Waals surface area contributed by atoms with Crippen LogP contribution < -0.4 is 16.2 Å². The van der Waals surface area contributed by atoms with E-state index in [1.54, 1.807) is 18.2 Å². The third-order valence-electron chi connectivity index (χ3n) is 6.03. The second-order valence-corrected chi connectivity index (χ2v) is 8.75. The van der Waals surface area contributed by atoms with Crippen molar-refractivity contribution in [2.24, 2.45) is 5.92 Å². The van der Waals surface area contributed by atoms with E-state index in [9.17, 15) is 9.59 Å². The minimum Gasteiger partial charge on any atom is -0.481 e. The third kappa shape index (κ3) is 6.40. The maximum absolute atomic E-state index is 12.3. The summed E-state index contributed by atoms with van der Waals surface area (Å²) in [5, 5.41) is 14.9. The number of anilines is 1. The smallest absolute Gasteiger partial charge is 0.305 e. The number of aromatic nitrogens is 1. The van der Waals surface area contributed by atoms with Crippen LogP contribution in [0.2, 0.25) is 0 Å². The highest BCUT2D eigenvalue weighted by Crippen LogP contribution is 2.36. The first-order valence-electron chi connectivity index (χ1n) is 11.8. The zero-order valence-corrected chi connectivity index (χ0v) is 20.1. The van der Waals surface area contributed by atoms with Crippen molar-refractivity contribution in [1.82, 2.24) is 10.3 Å². The molecule has 0 aliphatic rings. The molecule has 2 unspecified atom stereocenters. The van der Waals surface area contributed by atoms with Crippen molar-refractivity contribution in [2.45, 2.75) is 58.9 Å². The van der Waals surface area contributed by atoms with Crippen molar-refractivity contribution in [2.75, 3.05) is 11.9 Å². The molecule has 1 amide bonds. The molecule has 0 fully saturated rings. The number of carboxylic acid groups (broad SMARTS) is 1. The van der Waals surface area contributed by atoms with Gasteiger partial charge in [-0.3, -0.25) is 14.6 Å². The van der Waals surface area contributed by atoms with Gasteiger partial charge in [-0.2, -0.15) is 0 Å². The quantitative estimate of drug-likeness (QED) is 0.271. The molecule has 2 heterocycles. The number of aliphatic carboxylic acids is 1. The van der Waals surface area contributed by atoms with Gasteiger partial charge in [0.1, 0.15) is 19.1 Å². The van der Waals surface area contributed by atoms with Gasteiger partial charge in [0.25, 0.3) is 5.91 Å². The van der Waals surface area contributed by atoms with E-state index < -0.39 is 5.97 Å². The highest BCUT2D eigenvalue weighted by molar-refractivity contribution is 6.31. The Bertz CT molecular complexity index is 1130. The number of hydrogen-bond acceptors (Lipinski definition) is 5. The van der Waals surface area contributed by atoms with E-state index in [4.69, 9.17) is 17.4 Å². The van der Waals surface area contributed by atoms with Crippen molar-refractivity contribution in [3.05, 3.63) is 53.3 Å². The van der Waals surface area contributed by atoms with Crippen LogP contribution in [0.15, 0.2) is 40.8 Å². The Morgan fingerprint density at radius 1 is 1.15 bits per heavy atom. The number of nitrogens with one attached hydrogen (secondary N) is 2. The number of pyridine rings is 1. The predicted molar refractivity (Wildman–Crippen MR) is 135 cm³/mol. The van der Waals surface area contributed by atoms with Crippen LogP contribution in [0.1, 0.15) is 73.7 Å². The average molecular weight is 461 g/mol. The zero-order chi connectivity index (χ0) is 24.7. The molecule has 0 aliphatic heterocycles. The largest absolute Gasteiger partial charge is 0.481 e. The molecule has 3 aromatic rings. The zero-order valence-electron chi connectivity index (χ0n) is 20.1. The molecule has 3 N–H and O–H groups in total. The van der Waals surface area contributed by atoms with Crippen molar-refractivity contribution in [1.29, 1.82) is 0 Å². The number of amides is 1. The number of nitrogens with zero attached hydrogens (tertiary/aromatic N) is 1. The second-order valence-electron chi connectivity index (χ2n) is 8.75. The maximum atomic E-state index is 12.3. The van der Waals surface area contributed by atoms with Gasteiger partial charge in [0.05, 0.1) is 12.5 Å². The van der Waals surface area contributed by atoms with Crippen LogP contribution in [-0.2, 0) is 4.79 Å². The summed E-state index contributed by atoms with van der Waals surface area (Å²) in [5.74, 6) is -0.110. The normalized spacial score (nSPS) is 12.9. The molecule has 0 spiro atoms. The Balaban J connectivity index is 1.81. The van der Waals surface area contributed by atoms with Crippen molar-refractivity contribution >= 4 is 42.1 Å². The average Bonchev–Trinajstić information content (AvgIpc) is 3.13. The molecular weight excluding hydrogens is 429 g/mol. The highest BCUT2D eigenvalue weighted by Gasteiger charge is 2.26. The lowest BCUT2D eigenvalue weighted by Gasteiger charge is -2.25. The molecule has 0 aliphatic carbocycles. The topological polar surface area (TPSA) is 104 Å². The Kier molecular flexibility index (Phi) is 8.74. The predicted octanol–water partition coefficient (Wildman–Crippen LogP) is 4.50. The number of carbonyl (C=O) groups excluding carboxylic acids is 1. The summed E-state index contributed by atoms with van der Waals surface area (Å²) in [5.41, 5.74) is 4.25. The van der Waals surface area contributed by atoms with Gasteiger partial charge in [-0.25, -0.2) is 0 Å². The summed E-state index contributed by atoms with van der Waals surface area (Å²) in [6.07, 6.45) is 4.41. The lowest BCUT2D eigenvalue weighted by molar-refractivity contribution is -0.136. The van der Waals surface area contributed by atoms with Crippen LogP contribution in [0.25, 0.3) is 11.1 Å². The van der Waals surface area contributed by atoms with Crippen molar-refractivity contribution < 1.29 is 19.1 Å². The second kappa shape index (κ2) is 11.7. The lowest BCUT2D eigenvalue weighted by Crippen LogP contribution is -2.26. The fourth-order valence-corrected chi connectivity index (χ4v) is 4.05. The molecule has 2 aromatic heterocycles. The molecule has 0 saturated heterocycles. The minimum absolute atomic E-state index is 0.0810. The van der Waals surface area contributed by atoms with Crippen LogP contribution in [-0.4, -0.2) is 36.4 Å². The fourth-order valence-electron chi connectivity index (χ4n) is 4.05. The Morgan fingerprint density at radius 3 is 2.56 bits per heavy atom. The first-order chi connectivity index (χ1) is 16.3. The summed E-state index contributed by atoms with van der Waals surface area (Å²) >= 11 is 0. The van der Waals surface area contributed by atoms with Crippen LogP contribution in [0.3, 0.4) is 0 Å². The van der Waals surface area contributed by atoms with Crippen LogP contribution in [0.4, 0.5) is 5.69 Å². The molecule has 0 saturated carbocycles. The highest BCUT2D eigenvalue weighted by atomic mass is 16.4. The van der Waals surface area contributed by atoms with E-state index in [-0.39, 0.29) is 24.9 Å². The number of rotatable bonds is 12. The number of carbonyl (C=O) groups is 2. The molecule has 8 heteroatoms. The van der Waals surface area contributed by atoms with Crippen LogP contribution in [0.5, 0.6) is 0 Å². The molecule has 34 heavy (non-hydrogen) atoms. The van der Waals surface area contributed by atoms with Gasteiger partial charge < -0.3 is 20.2 Å². The SMILES string of the molecule is [B]c1ccc2oc(C(Nc3ccc(C(=O)NCCC(=O)O)cc3)C(C)CCCCC)c(C)c2n1. The molecular formula is C26H32BN3O4. The summed E-state index contributed by atoms with van der Waals surface area (Å²) in [6, 6.07) is 10.7. The first kappa shape index (κ1) is 25.3. The number of carboxylic acids is 1. The maximum Gasteiger partial charge on any atom is 0.305 e. The van der Waals surface area contributed by atoms with E-state index in [0.717, 1.165) is 41.8 Å². The summed E-state index contributed by atoms with van der Waals surface area (Å²) in [7, 11) is 5.90. The monoisotopic (exact) mass is 461 g/mol. The van der Waals surface area contributed by atoms with E-state index in [2.05, 4.69) is 29.5 Å². The van der Waals surface area contributed by atoms with Gasteiger partial charge in [0, 0.05) is 23.4 Å². The van der Waals surface area contributed by atoms with Gasteiger partial charge in [-0.15, -0.1) is 0 Å². The summed E-state index contributed by atoms with van der Waals surface area (Å²) in [4.78, 5) is 27.4. The van der Waals surface area contributed by atoms with Gasteiger partial charge in [0.15, 0.2) is 5.58 Å². The number of benzene rings is 1. The first-order valence-corrected chi connectivity index (χ1v) is 11.8. The fraction of sp³-hybridized carbons (Fsp3) is 0.423. The molecule has 1 aromatic carbocycles. The van der Waals surface area contributed by atoms with E-state index in [1.807, 2.05) is 25.1 Å². The van der Waals surface area contributed by atoms with Crippen LogP contribution in [0, 0.1) is 12.8 Å². The number of furan rings is 1. The molecule has 0 bridgehead atoms. The van der Waals surface area contributed by atoms with E-state index >= 15 is 0 Å². The molecule has 2 radical (unpaired) electrons. The number of fused-ring (bicyclic) bond motifs is 1. The van der Waals surface area contributed by atoms with Gasteiger partial charge in [-0.1, -0.05) is 33.1 Å². The third-order valence-corrected chi connectivity index (χ3v) is 6.03. The summed E-state index contributed by atoms with van der Waals surface area (Å²) < 4.78 is 6.25. The molecule has 178 valence electrons. The van der Waals surface area contributed by atoms with Gasteiger partial charge >= 0.3 is 5.97 Å². The minimum atomic E-state index is -0.947. The molecule has 3 rings (SSSR count). The lowest BCUT2D eigenvalue weighted by atomic mass is 9.91. The van der Waals surface area contributed by atoms with E-state index in [0.29, 0.717) is 22.7 Å². The van der Waals surface area contributed by atoms with Crippen molar-refractivity contribution in [3.63, 3.8) is 0 Å². The number of hydrogen-bond donors (Lipinski definition) is 3. The standard InChI is InChI=1S/C26H32BN3O4/c1-4-5-6-7-16(2)23(25-17(3)24-20(34-25)12-13-21(27)30-24)29-19-10-8-18(9-11-19)26(33)28-15-14-22(31)32/h8-13,16,23,29H,4-7,14-15H2,1-3H3,(H,28,33)(H,31,32). The van der Waals surface area contributed by atoms with E-state index in [1.165, 1.54) is 6.42 Å². The Hall–Kier alpha value is -3.29. The van der Waals surface area contributed by atoms with Gasteiger partial charge in [0.2, 0.25) is 0 Å². The number of unbranched alkanes of at least 4 members (excludes halogenated alkanes) is 2. The van der Waals surface area contributed by atoms with Crippen LogP contribution >= 0.6 is 0 Å². The van der Waals surface area contributed by atoms with Gasteiger partial charge in [-0.05, 0) is 61.3 Å².